The van der Waals surface area contributed by atoms with Gasteiger partial charge in [0.1, 0.15) is 0 Å². The van der Waals surface area contributed by atoms with Gasteiger partial charge in [0.05, 0.1) is 6.07 Å². The number of amides is 1. The molecule has 4 heteroatoms. The van der Waals surface area contributed by atoms with Crippen LogP contribution in [0.3, 0.4) is 0 Å². The van der Waals surface area contributed by atoms with E-state index >= 15 is 0 Å². The van der Waals surface area contributed by atoms with Crippen LogP contribution in [0.1, 0.15) is 40.0 Å². The Morgan fingerprint density at radius 1 is 1.60 bits per heavy atom. The molecule has 0 rings (SSSR count). The Hall–Kier alpha value is -1.08. The van der Waals surface area contributed by atoms with Crippen LogP contribution in [0.5, 0.6) is 0 Å². The number of nitrogens with zero attached hydrogens (tertiary/aromatic N) is 1. The normalized spacial score (nSPS) is 13.2. The highest BCUT2D eigenvalue weighted by atomic mass is 16.1. The molecule has 0 fully saturated rings. The van der Waals surface area contributed by atoms with E-state index in [1.165, 1.54) is 0 Å². The predicted octanol–water partition coefficient (Wildman–Crippen LogP) is 1.17. The van der Waals surface area contributed by atoms with E-state index in [2.05, 4.69) is 25.2 Å². The molecule has 0 radical (unpaired) electrons. The highest BCUT2D eigenvalue weighted by molar-refractivity contribution is 5.74. The van der Waals surface area contributed by atoms with E-state index in [-0.39, 0.29) is 17.4 Å². The van der Waals surface area contributed by atoms with Crippen molar-refractivity contribution in [1.29, 1.82) is 5.26 Å². The average Bonchev–Trinajstić information content (AvgIpc) is 2.11. The molecule has 0 aromatic heterocycles. The van der Waals surface area contributed by atoms with Crippen LogP contribution in [0.15, 0.2) is 0 Å². The van der Waals surface area contributed by atoms with Gasteiger partial charge in [0.15, 0.2) is 0 Å². The lowest BCUT2D eigenvalue weighted by atomic mass is 9.88. The summed E-state index contributed by atoms with van der Waals surface area (Å²) in [6.45, 7) is 6.94. The Balaban J connectivity index is 3.82. The second kappa shape index (κ2) is 6.41. The van der Waals surface area contributed by atoms with Crippen LogP contribution in [-0.4, -0.2) is 18.5 Å². The van der Waals surface area contributed by atoms with Crippen molar-refractivity contribution in [3.63, 3.8) is 0 Å². The molecule has 15 heavy (non-hydrogen) atoms. The van der Waals surface area contributed by atoms with Gasteiger partial charge in [0, 0.05) is 25.4 Å². The molecule has 0 bridgehead atoms. The van der Waals surface area contributed by atoms with Gasteiger partial charge in [-0.05, 0) is 18.8 Å². The van der Waals surface area contributed by atoms with Gasteiger partial charge < -0.3 is 11.1 Å². The van der Waals surface area contributed by atoms with E-state index in [0.717, 1.165) is 13.0 Å². The van der Waals surface area contributed by atoms with Crippen LogP contribution in [0, 0.1) is 16.7 Å². The lowest BCUT2D eigenvalue weighted by Gasteiger charge is -2.26. The van der Waals surface area contributed by atoms with Gasteiger partial charge in [0.2, 0.25) is 5.91 Å². The van der Waals surface area contributed by atoms with Gasteiger partial charge in [0.25, 0.3) is 0 Å². The standard InChI is InChI=1S/C11H21N3O/c1-9(7-10(13)15)14-8-11(2,3)5-4-6-12/h9,14H,4-5,7-8H2,1-3H3,(H2,13,15). The summed E-state index contributed by atoms with van der Waals surface area (Å²) < 4.78 is 0. The molecule has 0 heterocycles. The molecule has 1 atom stereocenters. The van der Waals surface area contributed by atoms with Crippen LogP contribution in [-0.2, 0) is 4.79 Å². The number of primary amides is 1. The fraction of sp³-hybridized carbons (Fsp3) is 0.818. The maximum absolute atomic E-state index is 10.6. The van der Waals surface area contributed by atoms with Crippen LogP contribution in [0.4, 0.5) is 0 Å². The molecule has 0 aromatic carbocycles. The first kappa shape index (κ1) is 13.9. The molecule has 0 aliphatic rings. The topological polar surface area (TPSA) is 78.9 Å². The van der Waals surface area contributed by atoms with E-state index in [4.69, 9.17) is 11.0 Å². The minimum absolute atomic E-state index is 0.0850. The van der Waals surface area contributed by atoms with Crippen LogP contribution >= 0.6 is 0 Å². The first-order chi connectivity index (χ1) is 6.87. The summed E-state index contributed by atoms with van der Waals surface area (Å²) in [5.74, 6) is -0.287. The van der Waals surface area contributed by atoms with Crippen molar-refractivity contribution in [3.8, 4) is 6.07 Å². The zero-order valence-corrected chi connectivity index (χ0v) is 9.84. The largest absolute Gasteiger partial charge is 0.370 e. The van der Waals surface area contributed by atoms with Gasteiger partial charge in [-0.1, -0.05) is 13.8 Å². The fourth-order valence-corrected chi connectivity index (χ4v) is 1.31. The van der Waals surface area contributed by atoms with Crippen molar-refractivity contribution >= 4 is 5.91 Å². The van der Waals surface area contributed by atoms with E-state index in [1.807, 2.05) is 6.92 Å². The average molecular weight is 211 g/mol. The number of nitriles is 1. The number of rotatable bonds is 7. The SMILES string of the molecule is CC(CC(N)=O)NCC(C)(C)CCC#N. The highest BCUT2D eigenvalue weighted by Crippen LogP contribution is 2.20. The lowest BCUT2D eigenvalue weighted by molar-refractivity contribution is -0.118. The van der Waals surface area contributed by atoms with Gasteiger partial charge >= 0.3 is 0 Å². The third-order valence-corrected chi connectivity index (χ3v) is 2.35. The zero-order chi connectivity index (χ0) is 11.9. The Morgan fingerprint density at radius 3 is 2.67 bits per heavy atom. The van der Waals surface area contributed by atoms with Crippen molar-refractivity contribution in [2.24, 2.45) is 11.1 Å². The van der Waals surface area contributed by atoms with Crippen LogP contribution < -0.4 is 11.1 Å². The minimum Gasteiger partial charge on any atom is -0.370 e. The minimum atomic E-state index is -0.287. The van der Waals surface area contributed by atoms with Gasteiger partial charge in [-0.15, -0.1) is 0 Å². The van der Waals surface area contributed by atoms with Gasteiger partial charge in [-0.2, -0.15) is 5.26 Å². The number of hydrogen-bond acceptors (Lipinski definition) is 3. The van der Waals surface area contributed by atoms with E-state index in [1.54, 1.807) is 0 Å². The molecular weight excluding hydrogens is 190 g/mol. The Labute approximate surface area is 91.8 Å². The van der Waals surface area contributed by atoms with Crippen molar-refractivity contribution < 1.29 is 4.79 Å². The quantitative estimate of drug-likeness (QED) is 0.663. The molecule has 3 N–H and O–H groups in total. The summed E-state index contributed by atoms with van der Waals surface area (Å²) >= 11 is 0. The van der Waals surface area contributed by atoms with E-state index in [0.29, 0.717) is 12.8 Å². The summed E-state index contributed by atoms with van der Waals surface area (Å²) in [5, 5.41) is 11.7. The van der Waals surface area contributed by atoms with Crippen LogP contribution in [0.25, 0.3) is 0 Å². The molecule has 0 aliphatic carbocycles. The number of hydrogen-bond donors (Lipinski definition) is 2. The molecule has 0 spiro atoms. The molecule has 86 valence electrons. The van der Waals surface area contributed by atoms with Crippen molar-refractivity contribution in [2.45, 2.75) is 46.1 Å². The van der Waals surface area contributed by atoms with Gasteiger partial charge in [-0.3, -0.25) is 4.79 Å². The summed E-state index contributed by atoms with van der Waals surface area (Å²) in [7, 11) is 0. The summed E-state index contributed by atoms with van der Waals surface area (Å²) in [6, 6.07) is 2.24. The molecule has 4 nitrogen and oxygen atoms in total. The molecule has 1 amide bonds. The molecule has 1 unspecified atom stereocenters. The van der Waals surface area contributed by atoms with E-state index in [9.17, 15) is 4.79 Å². The van der Waals surface area contributed by atoms with Crippen molar-refractivity contribution in [2.75, 3.05) is 6.54 Å². The second-order valence-electron chi connectivity index (χ2n) is 4.77. The predicted molar refractivity (Wildman–Crippen MR) is 59.9 cm³/mol. The molecule has 0 aliphatic heterocycles. The zero-order valence-electron chi connectivity index (χ0n) is 9.84. The molecule has 0 aromatic rings. The highest BCUT2D eigenvalue weighted by Gasteiger charge is 2.18. The number of carbonyl (C=O) groups is 1. The van der Waals surface area contributed by atoms with Crippen molar-refractivity contribution in [1.82, 2.24) is 5.32 Å². The molecule has 0 saturated heterocycles. The Morgan fingerprint density at radius 2 is 2.20 bits per heavy atom. The first-order valence-electron chi connectivity index (χ1n) is 5.26. The third-order valence-electron chi connectivity index (χ3n) is 2.35. The summed E-state index contributed by atoms with van der Waals surface area (Å²) in [6.07, 6.45) is 1.78. The molecule has 0 saturated carbocycles. The summed E-state index contributed by atoms with van der Waals surface area (Å²) in [5.41, 5.74) is 5.18. The van der Waals surface area contributed by atoms with Crippen molar-refractivity contribution in [3.05, 3.63) is 0 Å². The molecular formula is C11H21N3O. The fourth-order valence-electron chi connectivity index (χ4n) is 1.31. The number of nitrogens with two attached hydrogens (primary N) is 1. The summed E-state index contributed by atoms with van der Waals surface area (Å²) in [4.78, 5) is 10.6. The maximum Gasteiger partial charge on any atom is 0.218 e. The monoisotopic (exact) mass is 211 g/mol. The number of carbonyl (C=O) groups excluding carboxylic acids is 1. The third kappa shape index (κ3) is 7.95. The maximum atomic E-state index is 10.6. The lowest BCUT2D eigenvalue weighted by Crippen LogP contribution is -2.37. The van der Waals surface area contributed by atoms with E-state index < -0.39 is 0 Å². The van der Waals surface area contributed by atoms with Gasteiger partial charge in [-0.25, -0.2) is 0 Å². The van der Waals surface area contributed by atoms with Crippen LogP contribution in [0.2, 0.25) is 0 Å². The smallest absolute Gasteiger partial charge is 0.218 e. The Bertz CT molecular complexity index is 243. The second-order valence-corrected chi connectivity index (χ2v) is 4.77. The first-order valence-corrected chi connectivity index (χ1v) is 5.26. The Kier molecular flexibility index (Phi) is 5.95. The number of nitrogens with one attached hydrogen (secondary N) is 1.